The molecule has 2 N–H and O–H groups in total. The smallest absolute Gasteiger partial charge is 0.238 e. The summed E-state index contributed by atoms with van der Waals surface area (Å²) in [6, 6.07) is 13.2. The molecule has 0 saturated carbocycles. The van der Waals surface area contributed by atoms with Crippen LogP contribution in [-0.2, 0) is 9.59 Å². The minimum Gasteiger partial charge on any atom is -0.325 e. The van der Waals surface area contributed by atoms with Crippen LogP contribution in [0.1, 0.15) is 44.2 Å². The highest BCUT2D eigenvalue weighted by molar-refractivity contribution is 6.31. The quantitative estimate of drug-likeness (QED) is 0.601. The number of carbonyl (C=O) groups is 2. The fraction of sp³-hybridized carbons (Fsp3) is 0.391. The lowest BCUT2D eigenvalue weighted by Gasteiger charge is -2.21. The molecule has 5 nitrogen and oxygen atoms in total. The number of rotatable bonds is 9. The van der Waals surface area contributed by atoms with Crippen molar-refractivity contribution >= 4 is 34.8 Å². The third-order valence-electron chi connectivity index (χ3n) is 5.03. The zero-order valence-electron chi connectivity index (χ0n) is 17.6. The van der Waals surface area contributed by atoms with E-state index >= 15 is 0 Å². The van der Waals surface area contributed by atoms with E-state index in [9.17, 15) is 9.59 Å². The number of nitrogens with zero attached hydrogens (tertiary/aromatic N) is 1. The summed E-state index contributed by atoms with van der Waals surface area (Å²) in [6.45, 7) is 8.97. The van der Waals surface area contributed by atoms with Crippen molar-refractivity contribution in [1.82, 2.24) is 4.90 Å². The van der Waals surface area contributed by atoms with Crippen molar-refractivity contribution in [2.75, 3.05) is 30.3 Å². The lowest BCUT2D eigenvalue weighted by Crippen LogP contribution is -2.38. The average molecular weight is 416 g/mol. The number of anilines is 2. The van der Waals surface area contributed by atoms with Gasteiger partial charge in [0.1, 0.15) is 0 Å². The fourth-order valence-electron chi connectivity index (χ4n) is 3.05. The zero-order chi connectivity index (χ0) is 21.4. The third-order valence-corrected chi connectivity index (χ3v) is 5.27. The molecule has 0 unspecified atom stereocenters. The van der Waals surface area contributed by atoms with Crippen LogP contribution in [0.5, 0.6) is 0 Å². The van der Waals surface area contributed by atoms with Crippen molar-refractivity contribution in [3.05, 3.63) is 58.6 Å². The second-order valence-corrected chi connectivity index (χ2v) is 7.69. The van der Waals surface area contributed by atoms with E-state index in [-0.39, 0.29) is 24.9 Å². The molecule has 2 rings (SSSR count). The summed E-state index contributed by atoms with van der Waals surface area (Å²) < 4.78 is 0. The van der Waals surface area contributed by atoms with Gasteiger partial charge in [-0.2, -0.15) is 0 Å². The first-order valence-electron chi connectivity index (χ1n) is 10.0. The first-order valence-corrected chi connectivity index (χ1v) is 10.4. The van der Waals surface area contributed by atoms with Gasteiger partial charge in [-0.3, -0.25) is 14.5 Å². The number of aryl methyl sites for hydroxylation is 1. The van der Waals surface area contributed by atoms with Crippen molar-refractivity contribution in [1.29, 1.82) is 0 Å². The Balaban J connectivity index is 1.96. The van der Waals surface area contributed by atoms with E-state index in [0.29, 0.717) is 23.2 Å². The van der Waals surface area contributed by atoms with Crippen molar-refractivity contribution in [2.24, 2.45) is 0 Å². The van der Waals surface area contributed by atoms with Gasteiger partial charge in [0.25, 0.3) is 0 Å². The number of likely N-dealkylation sites (N-methyl/N-ethyl adjacent to an activating group) is 1. The first kappa shape index (κ1) is 22.9. The molecule has 1 atom stereocenters. The lowest BCUT2D eigenvalue weighted by atomic mass is 9.97. The molecule has 0 heterocycles. The molecule has 6 heteroatoms. The lowest BCUT2D eigenvalue weighted by molar-refractivity contribution is -0.119. The highest BCUT2D eigenvalue weighted by Gasteiger charge is 2.16. The Morgan fingerprint density at radius 2 is 1.62 bits per heavy atom. The standard InChI is InChI=1S/C23H30ClN3O2/c1-5-16(3)19-9-7-8-10-20(19)25-22(28)14-27(6-2)15-23(29)26-21-13-18(24)12-11-17(21)4/h7-13,16H,5-6,14-15H2,1-4H3,(H,25,28)(H,26,29)/t16-/m1/s1. The van der Waals surface area contributed by atoms with Gasteiger partial charge in [0.05, 0.1) is 13.1 Å². The van der Waals surface area contributed by atoms with Gasteiger partial charge in [-0.05, 0) is 55.1 Å². The Labute approximate surface area is 178 Å². The second-order valence-electron chi connectivity index (χ2n) is 7.26. The summed E-state index contributed by atoms with van der Waals surface area (Å²) in [5.41, 5.74) is 3.58. The van der Waals surface area contributed by atoms with E-state index in [1.165, 1.54) is 0 Å². The summed E-state index contributed by atoms with van der Waals surface area (Å²) in [5.74, 6) is 0.0554. The molecule has 0 radical (unpaired) electrons. The van der Waals surface area contributed by atoms with Gasteiger partial charge < -0.3 is 10.6 Å². The van der Waals surface area contributed by atoms with E-state index in [4.69, 9.17) is 11.6 Å². The monoisotopic (exact) mass is 415 g/mol. The molecule has 0 saturated heterocycles. The van der Waals surface area contributed by atoms with E-state index in [0.717, 1.165) is 23.2 Å². The molecule has 0 spiro atoms. The molecular formula is C23H30ClN3O2. The van der Waals surface area contributed by atoms with Crippen LogP contribution in [-0.4, -0.2) is 36.3 Å². The van der Waals surface area contributed by atoms with Crippen LogP contribution < -0.4 is 10.6 Å². The van der Waals surface area contributed by atoms with Gasteiger partial charge in [-0.25, -0.2) is 0 Å². The summed E-state index contributed by atoms with van der Waals surface area (Å²) in [4.78, 5) is 26.8. The number of halogens is 1. The van der Waals surface area contributed by atoms with Gasteiger partial charge in [-0.1, -0.05) is 56.6 Å². The van der Waals surface area contributed by atoms with Crippen molar-refractivity contribution < 1.29 is 9.59 Å². The normalized spacial score (nSPS) is 11.9. The number of benzene rings is 2. The highest BCUT2D eigenvalue weighted by atomic mass is 35.5. The summed E-state index contributed by atoms with van der Waals surface area (Å²) in [6.07, 6.45) is 0.997. The van der Waals surface area contributed by atoms with Crippen LogP contribution in [0.15, 0.2) is 42.5 Å². The molecule has 0 bridgehead atoms. The average Bonchev–Trinajstić information content (AvgIpc) is 2.70. The minimum atomic E-state index is -0.176. The van der Waals surface area contributed by atoms with Crippen molar-refractivity contribution in [3.63, 3.8) is 0 Å². The first-order chi connectivity index (χ1) is 13.8. The van der Waals surface area contributed by atoms with Crippen LogP contribution in [0.3, 0.4) is 0 Å². The van der Waals surface area contributed by atoms with Gasteiger partial charge in [0, 0.05) is 16.4 Å². The highest BCUT2D eigenvalue weighted by Crippen LogP contribution is 2.26. The molecule has 0 aliphatic heterocycles. The molecule has 0 fully saturated rings. The number of hydrogen-bond acceptors (Lipinski definition) is 3. The van der Waals surface area contributed by atoms with Crippen molar-refractivity contribution in [2.45, 2.75) is 40.0 Å². The summed E-state index contributed by atoms with van der Waals surface area (Å²) in [5, 5.41) is 6.44. The molecule has 0 aliphatic rings. The maximum atomic E-state index is 12.6. The third kappa shape index (κ3) is 6.87. The van der Waals surface area contributed by atoms with Crippen LogP contribution >= 0.6 is 11.6 Å². The van der Waals surface area contributed by atoms with Crippen LogP contribution in [0.4, 0.5) is 11.4 Å². The minimum absolute atomic E-state index is 0.128. The van der Waals surface area contributed by atoms with E-state index in [1.807, 2.05) is 44.2 Å². The Kier molecular flexibility index (Phi) is 8.68. The number of amides is 2. The number of carbonyl (C=O) groups excluding carboxylic acids is 2. The predicted octanol–water partition coefficient (Wildman–Crippen LogP) is 5.06. The molecular weight excluding hydrogens is 386 g/mol. The molecule has 0 aliphatic carbocycles. The van der Waals surface area contributed by atoms with E-state index in [2.05, 4.69) is 24.5 Å². The Morgan fingerprint density at radius 3 is 2.24 bits per heavy atom. The molecule has 2 aromatic rings. The topological polar surface area (TPSA) is 61.4 Å². The van der Waals surface area contributed by atoms with Crippen LogP contribution in [0, 0.1) is 6.92 Å². The molecule has 2 aromatic carbocycles. The molecule has 2 amide bonds. The fourth-order valence-corrected chi connectivity index (χ4v) is 3.23. The van der Waals surface area contributed by atoms with Gasteiger partial charge >= 0.3 is 0 Å². The predicted molar refractivity (Wildman–Crippen MR) is 121 cm³/mol. The summed E-state index contributed by atoms with van der Waals surface area (Å²) >= 11 is 6.01. The van der Waals surface area contributed by atoms with E-state index < -0.39 is 0 Å². The Morgan fingerprint density at radius 1 is 1.00 bits per heavy atom. The van der Waals surface area contributed by atoms with Gasteiger partial charge in [-0.15, -0.1) is 0 Å². The largest absolute Gasteiger partial charge is 0.325 e. The van der Waals surface area contributed by atoms with Crippen molar-refractivity contribution in [3.8, 4) is 0 Å². The maximum Gasteiger partial charge on any atom is 0.238 e. The maximum absolute atomic E-state index is 12.6. The number of para-hydroxylation sites is 1. The van der Waals surface area contributed by atoms with Crippen LogP contribution in [0.25, 0.3) is 0 Å². The molecule has 29 heavy (non-hydrogen) atoms. The second kappa shape index (κ2) is 11.0. The number of nitrogens with one attached hydrogen (secondary N) is 2. The van der Waals surface area contributed by atoms with E-state index in [1.54, 1.807) is 17.0 Å². The molecule has 0 aromatic heterocycles. The Hall–Kier alpha value is -2.37. The number of hydrogen-bond donors (Lipinski definition) is 2. The van der Waals surface area contributed by atoms with Gasteiger partial charge in [0.2, 0.25) is 11.8 Å². The SMILES string of the molecule is CC[C@@H](C)c1ccccc1NC(=O)CN(CC)CC(=O)Nc1cc(Cl)ccc1C. The Bertz CT molecular complexity index is 854. The zero-order valence-corrected chi connectivity index (χ0v) is 18.3. The van der Waals surface area contributed by atoms with Gasteiger partial charge in [0.15, 0.2) is 0 Å². The summed E-state index contributed by atoms with van der Waals surface area (Å²) in [7, 11) is 0. The van der Waals surface area contributed by atoms with Crippen LogP contribution in [0.2, 0.25) is 5.02 Å². The molecule has 156 valence electrons.